The Bertz CT molecular complexity index is 715. The van der Waals surface area contributed by atoms with Crippen molar-refractivity contribution in [2.75, 3.05) is 6.61 Å². The van der Waals surface area contributed by atoms with Gasteiger partial charge in [-0.15, -0.1) is 0 Å². The van der Waals surface area contributed by atoms with Gasteiger partial charge >= 0.3 is 0 Å². The Morgan fingerprint density at radius 3 is 2.15 bits per heavy atom. The van der Waals surface area contributed by atoms with Gasteiger partial charge in [0.2, 0.25) is 17.7 Å². The number of nitrogens with zero attached hydrogens (tertiary/aromatic N) is 2. The molecule has 1 aromatic rings. The number of rotatable bonds is 5. The molecule has 3 heterocycles. The minimum atomic E-state index is -0.0430. The van der Waals surface area contributed by atoms with Crippen molar-refractivity contribution in [1.82, 2.24) is 9.80 Å². The molecular formula is C21H26N2O4. The molecule has 0 N–H and O–H groups in total. The molecule has 144 valence electrons. The van der Waals surface area contributed by atoms with E-state index in [9.17, 15) is 14.4 Å². The van der Waals surface area contributed by atoms with Gasteiger partial charge in [0, 0.05) is 31.0 Å². The molecule has 1 aromatic carbocycles. The highest BCUT2D eigenvalue weighted by atomic mass is 16.5. The molecule has 27 heavy (non-hydrogen) atoms. The van der Waals surface area contributed by atoms with Gasteiger partial charge in [0.1, 0.15) is 5.75 Å². The average Bonchev–Trinajstić information content (AvgIpc) is 3.12. The summed E-state index contributed by atoms with van der Waals surface area (Å²) < 4.78 is 5.45. The predicted molar refractivity (Wildman–Crippen MR) is 99.1 cm³/mol. The van der Waals surface area contributed by atoms with E-state index in [2.05, 4.69) is 0 Å². The Morgan fingerprint density at radius 2 is 1.59 bits per heavy atom. The molecule has 2 atom stereocenters. The summed E-state index contributed by atoms with van der Waals surface area (Å²) in [4.78, 5) is 40.6. The standard InChI is InChI=1S/C21H26N2O4/c1-2-27-18-7-3-14(4-8-18)11-21(26)22-15-5-6-16(22)13-17(12-15)23-19(24)9-10-20(23)25/h3-4,7-8,15-17H,2,5-6,9-13H2,1H3. The minimum absolute atomic E-state index is 0.0282. The Morgan fingerprint density at radius 1 is 1.00 bits per heavy atom. The lowest BCUT2D eigenvalue weighted by Crippen LogP contribution is -2.54. The number of likely N-dealkylation sites (tertiary alicyclic amines) is 1. The fourth-order valence-electron chi connectivity index (χ4n) is 4.90. The molecule has 3 aliphatic rings. The molecule has 0 radical (unpaired) electrons. The van der Waals surface area contributed by atoms with Crippen LogP contribution in [-0.2, 0) is 20.8 Å². The molecule has 0 aliphatic carbocycles. The molecule has 6 nitrogen and oxygen atoms in total. The zero-order valence-electron chi connectivity index (χ0n) is 15.7. The number of piperidine rings is 1. The Kier molecular flexibility index (Phi) is 4.89. The highest BCUT2D eigenvalue weighted by Gasteiger charge is 2.47. The van der Waals surface area contributed by atoms with Gasteiger partial charge in [-0.3, -0.25) is 19.3 Å². The third-order valence-corrected chi connectivity index (χ3v) is 6.04. The van der Waals surface area contributed by atoms with Crippen LogP contribution in [-0.4, -0.2) is 52.3 Å². The normalized spacial score (nSPS) is 27.4. The van der Waals surface area contributed by atoms with E-state index in [4.69, 9.17) is 4.74 Å². The van der Waals surface area contributed by atoms with Crippen molar-refractivity contribution in [3.05, 3.63) is 29.8 Å². The maximum atomic E-state index is 12.9. The quantitative estimate of drug-likeness (QED) is 0.746. The van der Waals surface area contributed by atoms with Gasteiger partial charge < -0.3 is 9.64 Å². The van der Waals surface area contributed by atoms with Crippen molar-refractivity contribution >= 4 is 17.7 Å². The lowest BCUT2D eigenvalue weighted by Gasteiger charge is -2.41. The van der Waals surface area contributed by atoms with E-state index in [1.165, 1.54) is 4.90 Å². The fraction of sp³-hybridized carbons (Fsp3) is 0.571. The first-order chi connectivity index (χ1) is 13.1. The topological polar surface area (TPSA) is 66.9 Å². The van der Waals surface area contributed by atoms with E-state index in [0.29, 0.717) is 25.9 Å². The molecule has 0 aromatic heterocycles. The van der Waals surface area contributed by atoms with Gasteiger partial charge in [0.15, 0.2) is 0 Å². The Labute approximate surface area is 159 Å². The largest absolute Gasteiger partial charge is 0.494 e. The highest BCUT2D eigenvalue weighted by molar-refractivity contribution is 6.02. The van der Waals surface area contributed by atoms with E-state index in [-0.39, 0.29) is 35.8 Å². The molecule has 3 fully saturated rings. The molecule has 2 unspecified atom stereocenters. The summed E-state index contributed by atoms with van der Waals surface area (Å²) in [6.07, 6.45) is 4.44. The van der Waals surface area contributed by atoms with Crippen LogP contribution in [0.25, 0.3) is 0 Å². The summed E-state index contributed by atoms with van der Waals surface area (Å²) in [5.41, 5.74) is 0.981. The van der Waals surface area contributed by atoms with Crippen molar-refractivity contribution in [1.29, 1.82) is 0 Å². The van der Waals surface area contributed by atoms with Crippen molar-refractivity contribution in [2.24, 2.45) is 0 Å². The van der Waals surface area contributed by atoms with Crippen LogP contribution in [0, 0.1) is 0 Å². The summed E-state index contributed by atoms with van der Waals surface area (Å²) in [7, 11) is 0. The lowest BCUT2D eigenvalue weighted by molar-refractivity contribution is -0.144. The van der Waals surface area contributed by atoms with E-state index >= 15 is 0 Å². The number of ether oxygens (including phenoxy) is 1. The zero-order chi connectivity index (χ0) is 19.0. The summed E-state index contributed by atoms with van der Waals surface area (Å²) in [6, 6.07) is 7.95. The first-order valence-corrected chi connectivity index (χ1v) is 9.94. The van der Waals surface area contributed by atoms with Crippen LogP contribution >= 0.6 is 0 Å². The van der Waals surface area contributed by atoms with Crippen LogP contribution in [0.5, 0.6) is 5.75 Å². The van der Waals surface area contributed by atoms with Gasteiger partial charge in [-0.05, 0) is 50.3 Å². The second kappa shape index (κ2) is 7.33. The highest BCUT2D eigenvalue weighted by Crippen LogP contribution is 2.39. The zero-order valence-corrected chi connectivity index (χ0v) is 15.7. The molecule has 3 aliphatic heterocycles. The van der Waals surface area contributed by atoms with Gasteiger partial charge in [-0.2, -0.15) is 0 Å². The van der Waals surface area contributed by atoms with Crippen LogP contribution in [0.2, 0.25) is 0 Å². The van der Waals surface area contributed by atoms with Crippen LogP contribution in [0.1, 0.15) is 51.0 Å². The molecule has 4 rings (SSSR count). The van der Waals surface area contributed by atoms with Crippen LogP contribution in [0.3, 0.4) is 0 Å². The number of imide groups is 1. The molecule has 0 spiro atoms. The fourth-order valence-corrected chi connectivity index (χ4v) is 4.90. The molecule has 6 heteroatoms. The monoisotopic (exact) mass is 370 g/mol. The number of fused-ring (bicyclic) bond motifs is 2. The third kappa shape index (κ3) is 3.45. The average molecular weight is 370 g/mol. The Hall–Kier alpha value is -2.37. The number of benzene rings is 1. The van der Waals surface area contributed by atoms with Gasteiger partial charge in [0.25, 0.3) is 0 Å². The SMILES string of the molecule is CCOc1ccc(CC(=O)N2C3CCC2CC(N2C(=O)CCC2=O)C3)cc1. The number of carbonyl (C=O) groups excluding carboxylic acids is 3. The molecule has 3 amide bonds. The summed E-state index contributed by atoms with van der Waals surface area (Å²) in [5, 5.41) is 0. The van der Waals surface area contributed by atoms with Crippen molar-refractivity contribution in [3.63, 3.8) is 0 Å². The van der Waals surface area contributed by atoms with E-state index in [1.807, 2.05) is 36.1 Å². The number of hydrogen-bond acceptors (Lipinski definition) is 4. The van der Waals surface area contributed by atoms with Crippen molar-refractivity contribution < 1.29 is 19.1 Å². The van der Waals surface area contributed by atoms with Crippen molar-refractivity contribution in [3.8, 4) is 5.75 Å². The van der Waals surface area contributed by atoms with Crippen molar-refractivity contribution in [2.45, 2.75) is 70.0 Å². The number of hydrogen-bond donors (Lipinski definition) is 0. The van der Waals surface area contributed by atoms with Gasteiger partial charge in [-0.25, -0.2) is 0 Å². The minimum Gasteiger partial charge on any atom is -0.494 e. The summed E-state index contributed by atoms with van der Waals surface area (Å²) in [5.74, 6) is 0.871. The molecule has 3 saturated heterocycles. The van der Waals surface area contributed by atoms with Crippen LogP contribution in [0.15, 0.2) is 24.3 Å². The number of carbonyl (C=O) groups is 3. The third-order valence-electron chi connectivity index (χ3n) is 6.04. The van der Waals surface area contributed by atoms with Gasteiger partial charge in [-0.1, -0.05) is 12.1 Å². The van der Waals surface area contributed by atoms with Crippen LogP contribution in [0.4, 0.5) is 0 Å². The second-order valence-corrected chi connectivity index (χ2v) is 7.72. The summed E-state index contributed by atoms with van der Waals surface area (Å²) >= 11 is 0. The summed E-state index contributed by atoms with van der Waals surface area (Å²) in [6.45, 7) is 2.57. The van der Waals surface area contributed by atoms with Crippen LogP contribution < -0.4 is 4.74 Å². The second-order valence-electron chi connectivity index (χ2n) is 7.72. The smallest absolute Gasteiger partial charge is 0.229 e. The predicted octanol–water partition coefficient (Wildman–Crippen LogP) is 2.30. The van der Waals surface area contributed by atoms with Gasteiger partial charge in [0.05, 0.1) is 13.0 Å². The molecular weight excluding hydrogens is 344 g/mol. The van der Waals surface area contributed by atoms with E-state index in [1.54, 1.807) is 0 Å². The number of amides is 3. The maximum Gasteiger partial charge on any atom is 0.229 e. The first kappa shape index (κ1) is 18.0. The van der Waals surface area contributed by atoms with E-state index in [0.717, 1.165) is 37.0 Å². The van der Waals surface area contributed by atoms with E-state index < -0.39 is 0 Å². The maximum absolute atomic E-state index is 12.9. The first-order valence-electron chi connectivity index (χ1n) is 9.94. The Balaban J connectivity index is 1.41. The lowest BCUT2D eigenvalue weighted by atomic mass is 9.95. The molecule has 0 saturated carbocycles. The molecule has 2 bridgehead atoms.